The van der Waals surface area contributed by atoms with Crippen molar-refractivity contribution in [3.05, 3.63) is 34.9 Å². The predicted molar refractivity (Wildman–Crippen MR) is 97.7 cm³/mol. The number of thioether (sulfide) groups is 1. The fourth-order valence-corrected chi connectivity index (χ4v) is 3.22. The average molecular weight is 371 g/mol. The number of benzene rings is 1. The molecule has 24 heavy (non-hydrogen) atoms. The average Bonchev–Trinajstić information content (AvgIpc) is 3.10. The zero-order valence-electron chi connectivity index (χ0n) is 13.7. The first kappa shape index (κ1) is 19.1. The summed E-state index contributed by atoms with van der Waals surface area (Å²) in [6.07, 6.45) is 4.60. The summed E-state index contributed by atoms with van der Waals surface area (Å²) in [5, 5.41) is 6.05. The van der Waals surface area contributed by atoms with Gasteiger partial charge in [0.15, 0.2) is 0 Å². The summed E-state index contributed by atoms with van der Waals surface area (Å²) in [5.41, 5.74) is 0.375. The van der Waals surface area contributed by atoms with Crippen LogP contribution in [0.4, 0.5) is 0 Å². The molecular formula is C17H23ClN2O3S. The van der Waals surface area contributed by atoms with E-state index in [-0.39, 0.29) is 17.9 Å². The van der Waals surface area contributed by atoms with Crippen LogP contribution in [-0.2, 0) is 9.53 Å². The lowest BCUT2D eigenvalue weighted by molar-refractivity contribution is -0.123. The van der Waals surface area contributed by atoms with Crippen LogP contribution in [0.25, 0.3) is 0 Å². The van der Waals surface area contributed by atoms with E-state index in [0.29, 0.717) is 23.6 Å². The molecule has 7 heteroatoms. The Kier molecular flexibility index (Phi) is 7.88. The molecule has 0 unspecified atom stereocenters. The molecule has 0 saturated carbocycles. The molecular weight excluding hydrogens is 348 g/mol. The Morgan fingerprint density at radius 3 is 2.88 bits per heavy atom. The number of amides is 2. The number of carbonyl (C=O) groups excluding carboxylic acids is 2. The van der Waals surface area contributed by atoms with Gasteiger partial charge in [0.25, 0.3) is 5.91 Å². The van der Waals surface area contributed by atoms with Crippen LogP contribution in [0.3, 0.4) is 0 Å². The third-order valence-corrected chi connectivity index (χ3v) is 4.85. The first-order chi connectivity index (χ1) is 11.6. The summed E-state index contributed by atoms with van der Waals surface area (Å²) >= 11 is 7.69. The fourth-order valence-electron chi connectivity index (χ4n) is 2.53. The highest BCUT2D eigenvalue weighted by Gasteiger charge is 2.23. The van der Waals surface area contributed by atoms with Crippen LogP contribution in [0, 0.1) is 0 Å². The molecule has 1 aliphatic heterocycles. The third kappa shape index (κ3) is 5.69. The summed E-state index contributed by atoms with van der Waals surface area (Å²) in [5.74, 6) is 0.264. The second-order valence-corrected chi connectivity index (χ2v) is 7.06. The molecule has 2 N–H and O–H groups in total. The molecule has 1 fully saturated rings. The molecule has 1 saturated heterocycles. The quantitative estimate of drug-likeness (QED) is 0.737. The van der Waals surface area contributed by atoms with Crippen molar-refractivity contribution in [3.63, 3.8) is 0 Å². The number of nitrogens with one attached hydrogen (secondary N) is 2. The maximum absolute atomic E-state index is 12.4. The van der Waals surface area contributed by atoms with E-state index >= 15 is 0 Å². The van der Waals surface area contributed by atoms with E-state index in [1.54, 1.807) is 36.0 Å². The zero-order chi connectivity index (χ0) is 17.4. The second-order valence-electron chi connectivity index (χ2n) is 5.67. The van der Waals surface area contributed by atoms with Crippen LogP contribution in [0.15, 0.2) is 24.3 Å². The molecule has 0 radical (unpaired) electrons. The van der Waals surface area contributed by atoms with Crippen molar-refractivity contribution in [1.82, 2.24) is 10.6 Å². The summed E-state index contributed by atoms with van der Waals surface area (Å²) in [6.45, 7) is 1.23. The molecule has 1 aliphatic rings. The lowest BCUT2D eigenvalue weighted by atomic mass is 10.1. The van der Waals surface area contributed by atoms with Gasteiger partial charge in [-0.3, -0.25) is 9.59 Å². The zero-order valence-corrected chi connectivity index (χ0v) is 15.3. The van der Waals surface area contributed by atoms with E-state index in [4.69, 9.17) is 16.3 Å². The van der Waals surface area contributed by atoms with Crippen LogP contribution >= 0.6 is 23.4 Å². The normalized spacial score (nSPS) is 18.2. The van der Waals surface area contributed by atoms with Gasteiger partial charge in [-0.2, -0.15) is 11.8 Å². The first-order valence-corrected chi connectivity index (χ1v) is 9.82. The number of hydrogen-bond acceptors (Lipinski definition) is 4. The maximum Gasteiger partial charge on any atom is 0.253 e. The molecule has 2 atom stereocenters. The number of ether oxygens (including phenoxy) is 1. The molecule has 1 heterocycles. The monoisotopic (exact) mass is 370 g/mol. The number of halogens is 1. The van der Waals surface area contributed by atoms with Crippen molar-refractivity contribution in [1.29, 1.82) is 0 Å². The second kappa shape index (κ2) is 9.91. The Labute approximate surface area is 151 Å². The van der Waals surface area contributed by atoms with Gasteiger partial charge in [-0.25, -0.2) is 0 Å². The fraction of sp³-hybridized carbons (Fsp3) is 0.529. The van der Waals surface area contributed by atoms with E-state index in [0.717, 1.165) is 25.2 Å². The lowest BCUT2D eigenvalue weighted by Crippen LogP contribution is -2.48. The molecule has 0 spiro atoms. The smallest absolute Gasteiger partial charge is 0.253 e. The number of rotatable bonds is 8. The predicted octanol–water partition coefficient (Wildman–Crippen LogP) is 2.49. The molecule has 1 aromatic carbocycles. The Morgan fingerprint density at radius 1 is 1.42 bits per heavy atom. The van der Waals surface area contributed by atoms with Crippen LogP contribution in [-0.4, -0.2) is 49.1 Å². The van der Waals surface area contributed by atoms with Crippen LogP contribution < -0.4 is 10.6 Å². The number of carbonyl (C=O) groups is 2. The van der Waals surface area contributed by atoms with Gasteiger partial charge in [0, 0.05) is 13.2 Å². The Hall–Kier alpha value is -1.24. The minimum absolute atomic E-state index is 0.0782. The van der Waals surface area contributed by atoms with Gasteiger partial charge in [-0.15, -0.1) is 0 Å². The molecule has 5 nitrogen and oxygen atoms in total. The van der Waals surface area contributed by atoms with Crippen molar-refractivity contribution >= 4 is 35.2 Å². The van der Waals surface area contributed by atoms with E-state index in [9.17, 15) is 9.59 Å². The van der Waals surface area contributed by atoms with Gasteiger partial charge >= 0.3 is 0 Å². The van der Waals surface area contributed by atoms with Gasteiger partial charge in [0.05, 0.1) is 16.7 Å². The van der Waals surface area contributed by atoms with Gasteiger partial charge in [0.1, 0.15) is 6.04 Å². The van der Waals surface area contributed by atoms with E-state index in [1.165, 1.54) is 0 Å². The van der Waals surface area contributed by atoms with E-state index < -0.39 is 6.04 Å². The highest BCUT2D eigenvalue weighted by molar-refractivity contribution is 7.98. The van der Waals surface area contributed by atoms with Gasteiger partial charge < -0.3 is 15.4 Å². The molecule has 1 aromatic rings. The Bertz CT molecular complexity index is 565. The summed E-state index contributed by atoms with van der Waals surface area (Å²) in [6, 6.07) is 6.23. The van der Waals surface area contributed by atoms with Gasteiger partial charge in [-0.05, 0) is 43.4 Å². The largest absolute Gasteiger partial charge is 0.376 e. The number of hydrogen-bond donors (Lipinski definition) is 2. The first-order valence-electron chi connectivity index (χ1n) is 8.05. The lowest BCUT2D eigenvalue weighted by Gasteiger charge is -2.19. The van der Waals surface area contributed by atoms with Crippen LogP contribution in [0.1, 0.15) is 29.6 Å². The van der Waals surface area contributed by atoms with Crippen molar-refractivity contribution in [2.45, 2.75) is 31.4 Å². The molecule has 2 rings (SSSR count). The van der Waals surface area contributed by atoms with Crippen molar-refractivity contribution in [2.75, 3.05) is 25.2 Å². The van der Waals surface area contributed by atoms with Crippen molar-refractivity contribution < 1.29 is 14.3 Å². The maximum atomic E-state index is 12.4. The topological polar surface area (TPSA) is 67.4 Å². The minimum Gasteiger partial charge on any atom is -0.376 e. The van der Waals surface area contributed by atoms with E-state index in [2.05, 4.69) is 10.6 Å². The van der Waals surface area contributed by atoms with Crippen molar-refractivity contribution in [2.24, 2.45) is 0 Å². The highest BCUT2D eigenvalue weighted by Crippen LogP contribution is 2.15. The molecule has 2 amide bonds. The standard InChI is InChI=1S/C17H23ClN2O3S/c1-24-10-8-15(17(22)19-11-12-5-4-9-23-12)20-16(21)13-6-2-3-7-14(13)18/h2-3,6-7,12,15H,4-5,8-11H2,1H3,(H,19,22)(H,20,21)/t12-,15-/m0/s1. The SMILES string of the molecule is CSCC[C@H](NC(=O)c1ccccc1Cl)C(=O)NC[C@@H]1CCCO1. The van der Waals surface area contributed by atoms with Crippen LogP contribution in [0.5, 0.6) is 0 Å². The van der Waals surface area contributed by atoms with Crippen molar-refractivity contribution in [3.8, 4) is 0 Å². The van der Waals surface area contributed by atoms with Gasteiger partial charge in [-0.1, -0.05) is 23.7 Å². The Balaban J connectivity index is 1.94. The highest BCUT2D eigenvalue weighted by atomic mass is 35.5. The minimum atomic E-state index is -0.581. The molecule has 132 valence electrons. The summed E-state index contributed by atoms with van der Waals surface area (Å²) in [4.78, 5) is 24.8. The van der Waals surface area contributed by atoms with E-state index in [1.807, 2.05) is 6.26 Å². The van der Waals surface area contributed by atoms with Crippen LogP contribution in [0.2, 0.25) is 5.02 Å². The Morgan fingerprint density at radius 2 is 2.21 bits per heavy atom. The van der Waals surface area contributed by atoms with Gasteiger partial charge in [0.2, 0.25) is 5.91 Å². The molecule has 0 bridgehead atoms. The third-order valence-electron chi connectivity index (χ3n) is 3.88. The summed E-state index contributed by atoms with van der Waals surface area (Å²) in [7, 11) is 0. The molecule has 0 aromatic heterocycles. The summed E-state index contributed by atoms with van der Waals surface area (Å²) < 4.78 is 5.51. The molecule has 0 aliphatic carbocycles.